The van der Waals surface area contributed by atoms with Crippen LogP contribution in [-0.2, 0) is 30.8 Å². The Bertz CT molecular complexity index is 768. The number of nitrogens with zero attached hydrogens (tertiary/aromatic N) is 1. The zero-order chi connectivity index (χ0) is 20.7. The van der Waals surface area contributed by atoms with Crippen LogP contribution in [0, 0.1) is 5.92 Å². The van der Waals surface area contributed by atoms with Crippen molar-refractivity contribution >= 4 is 21.9 Å². The summed E-state index contributed by atoms with van der Waals surface area (Å²) in [5, 5.41) is 2.70. The predicted molar refractivity (Wildman–Crippen MR) is 106 cm³/mol. The molecule has 0 radical (unpaired) electrons. The molecule has 1 aliphatic rings. The largest absolute Gasteiger partial charge is 0.467 e. The van der Waals surface area contributed by atoms with Crippen molar-refractivity contribution in [3.63, 3.8) is 0 Å². The van der Waals surface area contributed by atoms with Crippen LogP contribution in [0.2, 0.25) is 0 Å². The normalized spacial score (nSPS) is 16.6. The molecular weight excluding hydrogens is 380 g/mol. The van der Waals surface area contributed by atoms with E-state index in [1.165, 1.54) is 11.4 Å². The van der Waals surface area contributed by atoms with Crippen LogP contribution in [0.25, 0.3) is 0 Å². The van der Waals surface area contributed by atoms with Gasteiger partial charge in [-0.3, -0.25) is 4.79 Å². The number of benzene rings is 1. The van der Waals surface area contributed by atoms with Gasteiger partial charge in [0.2, 0.25) is 15.9 Å². The molecule has 0 bridgehead atoms. The van der Waals surface area contributed by atoms with Gasteiger partial charge in [-0.15, -0.1) is 0 Å². The lowest BCUT2D eigenvalue weighted by Gasteiger charge is -2.25. The number of ether oxygens (including phenoxy) is 1. The third kappa shape index (κ3) is 6.04. The van der Waals surface area contributed by atoms with Crippen molar-refractivity contribution in [2.45, 2.75) is 56.9 Å². The number of nitrogens with one attached hydrogen (secondary N) is 1. The summed E-state index contributed by atoms with van der Waals surface area (Å²) in [6, 6.07) is 5.69. The van der Waals surface area contributed by atoms with E-state index in [9.17, 15) is 18.0 Å². The first-order valence-corrected chi connectivity index (χ1v) is 11.1. The molecule has 1 aromatic rings. The van der Waals surface area contributed by atoms with Gasteiger partial charge in [0.05, 0.1) is 18.4 Å². The lowest BCUT2D eigenvalue weighted by Crippen LogP contribution is -2.43. The molecule has 1 aromatic carbocycles. The fourth-order valence-corrected chi connectivity index (χ4v) is 4.81. The smallest absolute Gasteiger partial charge is 0.328 e. The molecule has 2 rings (SSSR count). The lowest BCUT2D eigenvalue weighted by molar-refractivity contribution is -0.145. The summed E-state index contributed by atoms with van der Waals surface area (Å²) in [5.74, 6) is -0.545. The molecule has 1 saturated heterocycles. The molecule has 1 heterocycles. The van der Waals surface area contributed by atoms with Gasteiger partial charge in [0.25, 0.3) is 0 Å². The number of carbonyl (C=O) groups is 2. The van der Waals surface area contributed by atoms with E-state index in [1.54, 1.807) is 24.3 Å². The molecule has 0 saturated carbocycles. The van der Waals surface area contributed by atoms with E-state index in [1.807, 2.05) is 13.8 Å². The Morgan fingerprint density at radius 2 is 1.71 bits per heavy atom. The molecule has 156 valence electrons. The van der Waals surface area contributed by atoms with Crippen molar-refractivity contribution in [2.24, 2.45) is 5.92 Å². The highest BCUT2D eigenvalue weighted by molar-refractivity contribution is 7.89. The Morgan fingerprint density at radius 3 is 2.25 bits per heavy atom. The molecule has 1 N–H and O–H groups in total. The quantitative estimate of drug-likeness (QED) is 0.663. The van der Waals surface area contributed by atoms with E-state index in [0.29, 0.717) is 25.1 Å². The van der Waals surface area contributed by atoms with Crippen LogP contribution >= 0.6 is 0 Å². The van der Waals surface area contributed by atoms with Gasteiger partial charge in [-0.05, 0) is 42.9 Å². The molecule has 0 spiro atoms. The average Bonchev–Trinajstić information content (AvgIpc) is 2.67. The number of amides is 1. The monoisotopic (exact) mass is 410 g/mol. The Balaban J connectivity index is 2.01. The SMILES string of the molecule is COC(=O)C(CC(C)C)NC(=O)Cc1ccc(S(=O)(=O)N2CCCCC2)cc1. The first-order valence-electron chi connectivity index (χ1n) is 9.70. The first kappa shape index (κ1) is 22.4. The molecule has 0 aliphatic carbocycles. The minimum absolute atomic E-state index is 0.0651. The summed E-state index contributed by atoms with van der Waals surface area (Å²) in [7, 11) is -2.19. The second-order valence-corrected chi connectivity index (χ2v) is 9.50. The van der Waals surface area contributed by atoms with Crippen molar-refractivity contribution in [3.8, 4) is 0 Å². The number of methoxy groups -OCH3 is 1. The number of piperidine rings is 1. The maximum Gasteiger partial charge on any atom is 0.328 e. The van der Waals surface area contributed by atoms with Gasteiger partial charge >= 0.3 is 5.97 Å². The Hall–Kier alpha value is -1.93. The average molecular weight is 411 g/mol. The number of rotatable bonds is 8. The van der Waals surface area contributed by atoms with E-state index in [4.69, 9.17) is 4.74 Å². The molecule has 1 atom stereocenters. The molecule has 1 amide bonds. The number of sulfonamides is 1. The number of esters is 1. The summed E-state index contributed by atoms with van der Waals surface area (Å²) in [5.41, 5.74) is 0.684. The van der Waals surface area contributed by atoms with Crippen molar-refractivity contribution < 1.29 is 22.7 Å². The van der Waals surface area contributed by atoms with Crippen LogP contribution < -0.4 is 5.32 Å². The molecular formula is C20H30N2O5S. The zero-order valence-corrected chi connectivity index (χ0v) is 17.6. The first-order chi connectivity index (χ1) is 13.2. The van der Waals surface area contributed by atoms with Crippen LogP contribution in [0.15, 0.2) is 29.2 Å². The van der Waals surface area contributed by atoms with Gasteiger partial charge < -0.3 is 10.1 Å². The third-order valence-corrected chi connectivity index (χ3v) is 6.68. The van der Waals surface area contributed by atoms with Gasteiger partial charge in [0, 0.05) is 13.1 Å². The van der Waals surface area contributed by atoms with Gasteiger partial charge in [-0.2, -0.15) is 4.31 Å². The van der Waals surface area contributed by atoms with Gasteiger partial charge in [0.1, 0.15) is 6.04 Å². The summed E-state index contributed by atoms with van der Waals surface area (Å²) < 4.78 is 31.6. The summed E-state index contributed by atoms with van der Waals surface area (Å²) in [6.45, 7) is 5.03. The second-order valence-electron chi connectivity index (χ2n) is 7.56. The zero-order valence-electron chi connectivity index (χ0n) is 16.8. The van der Waals surface area contributed by atoms with E-state index < -0.39 is 22.0 Å². The Labute approximate surface area is 167 Å². The van der Waals surface area contributed by atoms with Crippen molar-refractivity contribution in [3.05, 3.63) is 29.8 Å². The summed E-state index contributed by atoms with van der Waals surface area (Å²) >= 11 is 0. The summed E-state index contributed by atoms with van der Waals surface area (Å²) in [4.78, 5) is 24.4. The van der Waals surface area contributed by atoms with E-state index >= 15 is 0 Å². The van der Waals surface area contributed by atoms with Crippen LogP contribution in [0.3, 0.4) is 0 Å². The van der Waals surface area contributed by atoms with Gasteiger partial charge in [0.15, 0.2) is 0 Å². The highest BCUT2D eigenvalue weighted by Crippen LogP contribution is 2.21. The van der Waals surface area contributed by atoms with Gasteiger partial charge in [-0.1, -0.05) is 32.4 Å². The van der Waals surface area contributed by atoms with Gasteiger partial charge in [-0.25, -0.2) is 13.2 Å². The van der Waals surface area contributed by atoms with Crippen LogP contribution in [0.4, 0.5) is 0 Å². The van der Waals surface area contributed by atoms with Crippen LogP contribution in [-0.4, -0.2) is 50.8 Å². The standard InChI is InChI=1S/C20H30N2O5S/c1-15(2)13-18(20(24)27-3)21-19(23)14-16-7-9-17(10-8-16)28(25,26)22-11-5-4-6-12-22/h7-10,15,18H,4-6,11-14H2,1-3H3,(H,21,23). The highest BCUT2D eigenvalue weighted by atomic mass is 32.2. The molecule has 0 aromatic heterocycles. The molecule has 1 fully saturated rings. The molecule has 1 unspecified atom stereocenters. The maximum atomic E-state index is 12.7. The maximum absolute atomic E-state index is 12.7. The number of hydrogen-bond acceptors (Lipinski definition) is 5. The topological polar surface area (TPSA) is 92.8 Å². The minimum atomic E-state index is -3.48. The number of carbonyl (C=O) groups excluding carboxylic acids is 2. The Morgan fingerprint density at radius 1 is 1.11 bits per heavy atom. The third-order valence-electron chi connectivity index (χ3n) is 4.77. The number of hydrogen-bond donors (Lipinski definition) is 1. The fourth-order valence-electron chi connectivity index (χ4n) is 3.29. The van der Waals surface area contributed by atoms with Crippen molar-refractivity contribution in [1.82, 2.24) is 9.62 Å². The molecule has 7 nitrogen and oxygen atoms in total. The fraction of sp³-hybridized carbons (Fsp3) is 0.600. The molecule has 28 heavy (non-hydrogen) atoms. The molecule has 1 aliphatic heterocycles. The van der Waals surface area contributed by atoms with Crippen LogP contribution in [0.5, 0.6) is 0 Å². The molecule has 8 heteroatoms. The lowest BCUT2D eigenvalue weighted by atomic mass is 10.0. The van der Waals surface area contributed by atoms with E-state index in [-0.39, 0.29) is 23.1 Å². The Kier molecular flexibility index (Phi) is 8.00. The highest BCUT2D eigenvalue weighted by Gasteiger charge is 2.26. The van der Waals surface area contributed by atoms with E-state index in [2.05, 4.69) is 5.32 Å². The predicted octanol–water partition coefficient (Wildman–Crippen LogP) is 2.11. The summed E-state index contributed by atoms with van der Waals surface area (Å²) in [6.07, 6.45) is 3.38. The minimum Gasteiger partial charge on any atom is -0.467 e. The van der Waals surface area contributed by atoms with E-state index in [0.717, 1.165) is 19.3 Å². The van der Waals surface area contributed by atoms with Crippen molar-refractivity contribution in [2.75, 3.05) is 20.2 Å². The second kappa shape index (κ2) is 10.0. The van der Waals surface area contributed by atoms with Crippen molar-refractivity contribution in [1.29, 1.82) is 0 Å². The van der Waals surface area contributed by atoms with Crippen LogP contribution in [0.1, 0.15) is 45.1 Å².